The van der Waals surface area contributed by atoms with E-state index >= 15 is 0 Å². The van der Waals surface area contributed by atoms with E-state index < -0.39 is 0 Å². The van der Waals surface area contributed by atoms with Crippen molar-refractivity contribution in [1.82, 2.24) is 0 Å². The second-order valence-corrected chi connectivity index (χ2v) is 4.71. The summed E-state index contributed by atoms with van der Waals surface area (Å²) in [5.41, 5.74) is 4.51. The highest BCUT2D eigenvalue weighted by Crippen LogP contribution is 2.31. The van der Waals surface area contributed by atoms with Crippen molar-refractivity contribution in [2.24, 2.45) is 4.99 Å². The third kappa shape index (κ3) is 2.26. The molecular weight excluding hydrogens is 244 g/mol. The molecule has 0 amide bonds. The summed E-state index contributed by atoms with van der Waals surface area (Å²) in [6.45, 7) is 5.00. The van der Waals surface area contributed by atoms with Crippen molar-refractivity contribution in [2.45, 2.75) is 20.3 Å². The molecule has 1 fully saturated rings. The molecule has 1 aromatic rings. The van der Waals surface area contributed by atoms with E-state index in [4.69, 9.17) is 12.2 Å². The first-order valence-corrected chi connectivity index (χ1v) is 6.20. The van der Waals surface area contributed by atoms with Gasteiger partial charge in [0, 0.05) is 24.0 Å². The number of benzene rings is 1. The topological polar surface area (TPSA) is 32.7 Å². The number of aliphatic imine (C=N–C) groups is 1. The Morgan fingerprint density at radius 3 is 2.67 bits per heavy atom. The molecule has 0 saturated carbocycles. The molecule has 0 unspecified atom stereocenters. The smallest absolute Gasteiger partial charge is 0.239 e. The molecule has 18 heavy (non-hydrogen) atoms. The van der Waals surface area contributed by atoms with Crippen molar-refractivity contribution in [3.8, 4) is 0 Å². The number of thiocarbonyl (C=S) groups is 1. The summed E-state index contributed by atoms with van der Waals surface area (Å²) in [6.07, 6.45) is 3.85. The minimum atomic E-state index is 0.756. The number of hydrogen-bond donors (Lipinski definition) is 0. The fourth-order valence-electron chi connectivity index (χ4n) is 2.28. The van der Waals surface area contributed by atoms with E-state index in [1.165, 1.54) is 29.1 Å². The zero-order valence-electron chi connectivity index (χ0n) is 10.4. The van der Waals surface area contributed by atoms with Crippen LogP contribution in [-0.2, 0) is 4.79 Å². The van der Waals surface area contributed by atoms with Crippen LogP contribution in [0, 0.1) is 13.8 Å². The molecule has 2 rings (SSSR count). The Hall–Kier alpha value is -1.77. The highest BCUT2D eigenvalue weighted by Gasteiger charge is 2.25. The van der Waals surface area contributed by atoms with E-state index in [2.05, 4.69) is 35.9 Å². The molecule has 92 valence electrons. The number of nitrogens with zero attached hydrogens (tertiary/aromatic N) is 2. The van der Waals surface area contributed by atoms with Crippen molar-refractivity contribution in [3.63, 3.8) is 0 Å². The molecule has 0 radical (unpaired) electrons. The molecule has 0 spiro atoms. The van der Waals surface area contributed by atoms with E-state index in [0.29, 0.717) is 0 Å². The molecule has 1 aliphatic rings. The predicted molar refractivity (Wildman–Crippen MR) is 76.7 cm³/mol. The van der Waals surface area contributed by atoms with Crippen molar-refractivity contribution in [3.05, 3.63) is 41.1 Å². The number of aryl methyl sites for hydroxylation is 2. The Morgan fingerprint density at radius 2 is 2.06 bits per heavy atom. The predicted octanol–water partition coefficient (Wildman–Crippen LogP) is 3.06. The Bertz CT molecular complexity index is 551. The number of isocyanates is 1. The molecule has 0 aliphatic carbocycles. The third-order valence-electron chi connectivity index (χ3n) is 3.11. The van der Waals surface area contributed by atoms with Crippen LogP contribution >= 0.6 is 12.2 Å². The van der Waals surface area contributed by atoms with Gasteiger partial charge >= 0.3 is 0 Å². The van der Waals surface area contributed by atoms with Crippen molar-refractivity contribution >= 4 is 29.0 Å². The van der Waals surface area contributed by atoms with Gasteiger partial charge in [0.05, 0.1) is 0 Å². The largest absolute Gasteiger partial charge is 0.332 e. The van der Waals surface area contributed by atoms with Gasteiger partial charge < -0.3 is 4.90 Å². The Kier molecular flexibility index (Phi) is 3.70. The van der Waals surface area contributed by atoms with Crippen LogP contribution in [0.4, 0.5) is 5.69 Å². The highest BCUT2D eigenvalue weighted by molar-refractivity contribution is 7.81. The van der Waals surface area contributed by atoms with E-state index in [1.54, 1.807) is 0 Å². The molecule has 1 heterocycles. The molecule has 1 saturated heterocycles. The van der Waals surface area contributed by atoms with Crippen LogP contribution in [0.5, 0.6) is 0 Å². The lowest BCUT2D eigenvalue weighted by atomic mass is 10.1. The first-order chi connectivity index (χ1) is 8.65. The summed E-state index contributed by atoms with van der Waals surface area (Å²) >= 11 is 5.44. The summed E-state index contributed by atoms with van der Waals surface area (Å²) in [5, 5.41) is 0. The zero-order chi connectivity index (χ0) is 13.1. The summed E-state index contributed by atoms with van der Waals surface area (Å²) < 4.78 is 0. The highest BCUT2D eigenvalue weighted by atomic mass is 32.1. The van der Waals surface area contributed by atoms with Gasteiger partial charge in [-0.05, 0) is 31.4 Å². The van der Waals surface area contributed by atoms with Gasteiger partial charge in [-0.25, -0.2) is 4.79 Å². The standard InChI is InChI=1S/C14H14N2OS/c1-10-4-3-5-11(2)13(10)16-7-6-12(14(16)18)8-15-9-17/h3-5,8H,6-7H2,1-2H3/b12-8-. The van der Waals surface area contributed by atoms with Gasteiger partial charge in [-0.15, -0.1) is 0 Å². The van der Waals surface area contributed by atoms with Gasteiger partial charge in [0.15, 0.2) is 0 Å². The number of carbonyl (C=O) groups excluding carboxylic acids is 1. The molecule has 0 atom stereocenters. The average molecular weight is 258 g/mol. The lowest BCUT2D eigenvalue weighted by Crippen LogP contribution is -2.24. The summed E-state index contributed by atoms with van der Waals surface area (Å²) in [5.74, 6) is 0. The first kappa shape index (κ1) is 12.7. The minimum Gasteiger partial charge on any atom is -0.332 e. The second kappa shape index (κ2) is 5.25. The van der Waals surface area contributed by atoms with Gasteiger partial charge in [-0.2, -0.15) is 4.99 Å². The monoisotopic (exact) mass is 258 g/mol. The summed E-state index contributed by atoms with van der Waals surface area (Å²) in [7, 11) is 0. The van der Waals surface area contributed by atoms with Crippen LogP contribution in [0.25, 0.3) is 0 Å². The van der Waals surface area contributed by atoms with Crippen molar-refractivity contribution < 1.29 is 4.79 Å². The van der Waals surface area contributed by atoms with Gasteiger partial charge in [0.2, 0.25) is 6.08 Å². The molecule has 1 aromatic carbocycles. The van der Waals surface area contributed by atoms with E-state index in [1.807, 2.05) is 6.07 Å². The zero-order valence-corrected chi connectivity index (χ0v) is 11.3. The Balaban J connectivity index is 2.37. The second-order valence-electron chi connectivity index (χ2n) is 4.32. The molecule has 0 N–H and O–H groups in total. The van der Waals surface area contributed by atoms with Crippen LogP contribution in [-0.4, -0.2) is 17.6 Å². The SMILES string of the molecule is Cc1cccc(C)c1N1CC/C(=C/N=C=O)C1=S. The maximum Gasteiger partial charge on any atom is 0.239 e. The first-order valence-electron chi connectivity index (χ1n) is 5.79. The van der Waals surface area contributed by atoms with Gasteiger partial charge in [-0.1, -0.05) is 30.4 Å². The summed E-state index contributed by atoms with van der Waals surface area (Å²) in [6, 6.07) is 6.20. The lowest BCUT2D eigenvalue weighted by Gasteiger charge is -2.22. The quantitative estimate of drug-likeness (QED) is 0.354. The number of para-hydroxylation sites is 1. The van der Waals surface area contributed by atoms with Crippen LogP contribution in [0.15, 0.2) is 35.0 Å². The Morgan fingerprint density at radius 1 is 1.39 bits per heavy atom. The van der Waals surface area contributed by atoms with Crippen molar-refractivity contribution in [2.75, 3.05) is 11.4 Å². The molecule has 0 aromatic heterocycles. The average Bonchev–Trinajstić information content (AvgIpc) is 2.69. The maximum absolute atomic E-state index is 10.1. The number of rotatable bonds is 2. The lowest BCUT2D eigenvalue weighted by molar-refractivity contribution is 0.565. The van der Waals surface area contributed by atoms with Crippen LogP contribution < -0.4 is 4.90 Å². The maximum atomic E-state index is 10.1. The van der Waals surface area contributed by atoms with E-state index in [0.717, 1.165) is 23.5 Å². The Labute approximate surface area is 112 Å². The third-order valence-corrected chi connectivity index (χ3v) is 3.59. The molecule has 0 bridgehead atoms. The van der Waals surface area contributed by atoms with Crippen LogP contribution in [0.1, 0.15) is 17.5 Å². The minimum absolute atomic E-state index is 0.756. The van der Waals surface area contributed by atoms with Crippen LogP contribution in [0.3, 0.4) is 0 Å². The van der Waals surface area contributed by atoms with Crippen LogP contribution in [0.2, 0.25) is 0 Å². The van der Waals surface area contributed by atoms with Gasteiger partial charge in [0.25, 0.3) is 0 Å². The molecule has 4 heteroatoms. The van der Waals surface area contributed by atoms with Crippen molar-refractivity contribution in [1.29, 1.82) is 0 Å². The normalized spacial score (nSPS) is 17.1. The molecule has 3 nitrogen and oxygen atoms in total. The van der Waals surface area contributed by atoms with E-state index in [-0.39, 0.29) is 0 Å². The fourth-order valence-corrected chi connectivity index (χ4v) is 2.62. The fraction of sp³-hybridized carbons (Fsp3) is 0.286. The molecule has 1 aliphatic heterocycles. The van der Waals surface area contributed by atoms with Gasteiger partial charge in [0.1, 0.15) is 4.99 Å². The number of anilines is 1. The van der Waals surface area contributed by atoms with Gasteiger partial charge in [-0.3, -0.25) is 0 Å². The summed E-state index contributed by atoms with van der Waals surface area (Å²) in [4.78, 5) is 16.5. The van der Waals surface area contributed by atoms with E-state index in [9.17, 15) is 4.79 Å². The number of hydrogen-bond acceptors (Lipinski definition) is 3. The molecular formula is C14H14N2OS.